The zero-order chi connectivity index (χ0) is 13.4. The molecule has 7 nitrogen and oxygen atoms in total. The predicted octanol–water partition coefficient (Wildman–Crippen LogP) is 0.948. The highest BCUT2D eigenvalue weighted by Crippen LogP contribution is 2.25. The van der Waals surface area contributed by atoms with Crippen LogP contribution in [-0.4, -0.2) is 36.4 Å². The van der Waals surface area contributed by atoms with Gasteiger partial charge in [0.25, 0.3) is 0 Å². The summed E-state index contributed by atoms with van der Waals surface area (Å²) in [7, 11) is 1.56. The van der Waals surface area contributed by atoms with E-state index in [0.717, 1.165) is 0 Å². The number of rotatable bonds is 2. The quantitative estimate of drug-likeness (QED) is 0.807. The van der Waals surface area contributed by atoms with Crippen molar-refractivity contribution in [1.82, 2.24) is 19.7 Å². The number of nitrogens with zero attached hydrogens (tertiary/aromatic N) is 3. The van der Waals surface area contributed by atoms with Gasteiger partial charge in [-0.05, 0) is 27.7 Å². The van der Waals surface area contributed by atoms with Crippen molar-refractivity contribution >= 4 is 6.09 Å². The van der Waals surface area contributed by atoms with Crippen LogP contribution in [0.2, 0.25) is 0 Å². The first kappa shape index (κ1) is 13.3. The lowest BCUT2D eigenvalue weighted by molar-refractivity contribution is 0.0717. The van der Waals surface area contributed by atoms with E-state index in [1.165, 1.54) is 9.47 Å². The summed E-state index contributed by atoms with van der Waals surface area (Å²) in [5.74, 6) is 0.396. The minimum Gasteiger partial charge on any atom is -0.465 e. The van der Waals surface area contributed by atoms with Crippen LogP contribution in [0.5, 0.6) is 0 Å². The van der Waals surface area contributed by atoms with Gasteiger partial charge in [0.2, 0.25) is 0 Å². The molecule has 0 aliphatic rings. The van der Waals surface area contributed by atoms with Gasteiger partial charge < -0.3 is 5.11 Å². The molecule has 0 spiro atoms. The molecule has 0 radical (unpaired) electrons. The molecule has 1 aromatic rings. The molecule has 1 rings (SSSR count). The van der Waals surface area contributed by atoms with Crippen LogP contribution in [-0.2, 0) is 7.05 Å². The summed E-state index contributed by atoms with van der Waals surface area (Å²) in [5.41, 5.74) is -0.925. The maximum Gasteiger partial charge on any atom is 0.408 e. The number of H-pyrrole nitrogens is 1. The molecule has 1 atom stereocenters. The number of hydrogen-bond acceptors (Lipinski definition) is 3. The molecular weight excluding hydrogens is 224 g/mol. The Labute approximate surface area is 99.1 Å². The number of hydrogen-bond donors (Lipinski definition) is 2. The molecule has 96 valence electrons. The Morgan fingerprint density at radius 2 is 2.06 bits per heavy atom. The van der Waals surface area contributed by atoms with E-state index in [4.69, 9.17) is 0 Å². The summed E-state index contributed by atoms with van der Waals surface area (Å²) < 4.78 is 1.31. The molecule has 0 aliphatic heterocycles. The van der Waals surface area contributed by atoms with Crippen molar-refractivity contribution in [2.75, 3.05) is 0 Å². The van der Waals surface area contributed by atoms with E-state index in [0.29, 0.717) is 5.82 Å². The van der Waals surface area contributed by atoms with Gasteiger partial charge in [-0.1, -0.05) is 0 Å². The average molecular weight is 242 g/mol. The number of aromatic amines is 1. The maximum absolute atomic E-state index is 11.3. The molecule has 0 bridgehead atoms. The maximum atomic E-state index is 11.3. The fourth-order valence-electron chi connectivity index (χ4n) is 1.88. The number of amides is 1. The van der Waals surface area contributed by atoms with Crippen molar-refractivity contribution in [2.45, 2.75) is 39.3 Å². The topological polar surface area (TPSA) is 91.2 Å². The smallest absolute Gasteiger partial charge is 0.408 e. The van der Waals surface area contributed by atoms with E-state index in [1.807, 2.05) is 0 Å². The van der Waals surface area contributed by atoms with Crippen molar-refractivity contribution in [2.24, 2.45) is 7.05 Å². The summed E-state index contributed by atoms with van der Waals surface area (Å²) in [4.78, 5) is 23.8. The molecule has 0 saturated heterocycles. The van der Waals surface area contributed by atoms with Gasteiger partial charge in [0.05, 0.1) is 6.04 Å². The molecule has 1 heterocycles. The minimum atomic E-state index is -1.04. The summed E-state index contributed by atoms with van der Waals surface area (Å²) in [6.45, 7) is 7.09. The monoisotopic (exact) mass is 242 g/mol. The number of carboxylic acid groups (broad SMARTS) is 1. The van der Waals surface area contributed by atoms with E-state index in [9.17, 15) is 14.7 Å². The van der Waals surface area contributed by atoms with Crippen LogP contribution in [0.1, 0.15) is 39.6 Å². The molecule has 0 saturated carbocycles. The zero-order valence-corrected chi connectivity index (χ0v) is 10.7. The van der Waals surface area contributed by atoms with Crippen LogP contribution in [0, 0.1) is 0 Å². The molecule has 7 heteroatoms. The van der Waals surface area contributed by atoms with Crippen LogP contribution in [0.4, 0.5) is 4.79 Å². The molecule has 1 aromatic heterocycles. The van der Waals surface area contributed by atoms with Gasteiger partial charge in [0, 0.05) is 12.6 Å². The zero-order valence-electron chi connectivity index (χ0n) is 10.7. The second-order valence-electron chi connectivity index (χ2n) is 4.95. The van der Waals surface area contributed by atoms with Crippen LogP contribution in [0.15, 0.2) is 4.79 Å². The lowest BCUT2D eigenvalue weighted by Crippen LogP contribution is -2.47. The minimum absolute atomic E-state index is 0.355. The van der Waals surface area contributed by atoms with Crippen molar-refractivity contribution in [1.29, 1.82) is 0 Å². The van der Waals surface area contributed by atoms with Crippen LogP contribution in [0.3, 0.4) is 0 Å². The first-order chi connectivity index (χ1) is 7.66. The molecule has 0 fully saturated rings. The van der Waals surface area contributed by atoms with E-state index >= 15 is 0 Å². The van der Waals surface area contributed by atoms with Crippen molar-refractivity contribution < 1.29 is 9.90 Å². The normalized spacial score (nSPS) is 13.5. The SMILES string of the molecule is C[C@H](c1n[nH]c(=O)n1C)N(C(=O)O)C(C)(C)C. The molecule has 0 unspecified atom stereocenters. The molecule has 1 amide bonds. The van der Waals surface area contributed by atoms with Gasteiger partial charge in [0.1, 0.15) is 0 Å². The van der Waals surface area contributed by atoms with Crippen molar-refractivity contribution in [3.63, 3.8) is 0 Å². The van der Waals surface area contributed by atoms with Crippen LogP contribution < -0.4 is 5.69 Å². The van der Waals surface area contributed by atoms with E-state index in [2.05, 4.69) is 10.2 Å². The third kappa shape index (κ3) is 2.48. The van der Waals surface area contributed by atoms with Crippen molar-refractivity contribution in [3.8, 4) is 0 Å². The Morgan fingerprint density at radius 3 is 2.35 bits per heavy atom. The van der Waals surface area contributed by atoms with E-state index in [1.54, 1.807) is 34.7 Å². The summed E-state index contributed by atoms with van der Waals surface area (Å²) in [6, 6.07) is -0.503. The second-order valence-corrected chi connectivity index (χ2v) is 4.95. The summed E-state index contributed by atoms with van der Waals surface area (Å²) >= 11 is 0. The molecule has 17 heavy (non-hydrogen) atoms. The highest BCUT2D eigenvalue weighted by atomic mass is 16.4. The average Bonchev–Trinajstić information content (AvgIpc) is 2.44. The van der Waals surface area contributed by atoms with Gasteiger partial charge in [-0.15, -0.1) is 0 Å². The lowest BCUT2D eigenvalue weighted by atomic mass is 10.0. The predicted molar refractivity (Wildman–Crippen MR) is 61.9 cm³/mol. The summed E-state index contributed by atoms with van der Waals surface area (Å²) in [6.07, 6.45) is -1.04. The number of nitrogens with one attached hydrogen (secondary N) is 1. The van der Waals surface area contributed by atoms with Gasteiger partial charge in [-0.25, -0.2) is 14.7 Å². The third-order valence-electron chi connectivity index (χ3n) is 2.60. The van der Waals surface area contributed by atoms with Gasteiger partial charge in [0.15, 0.2) is 5.82 Å². The molecule has 2 N–H and O–H groups in total. The van der Waals surface area contributed by atoms with Crippen molar-refractivity contribution in [3.05, 3.63) is 16.3 Å². The standard InChI is InChI=1S/C10H18N4O3/c1-6(7-11-12-8(15)13(7)5)14(9(16)17)10(2,3)4/h6H,1-5H3,(H,12,15)(H,16,17)/t6-/m1/s1. The van der Waals surface area contributed by atoms with Crippen LogP contribution in [0.25, 0.3) is 0 Å². The molecule has 0 aromatic carbocycles. The van der Waals surface area contributed by atoms with Gasteiger partial charge in [-0.2, -0.15) is 5.10 Å². The Morgan fingerprint density at radius 1 is 1.53 bits per heavy atom. The van der Waals surface area contributed by atoms with Gasteiger partial charge >= 0.3 is 11.8 Å². The number of carbonyl (C=O) groups is 1. The highest BCUT2D eigenvalue weighted by Gasteiger charge is 2.33. The largest absolute Gasteiger partial charge is 0.465 e. The Balaban J connectivity index is 3.18. The third-order valence-corrected chi connectivity index (χ3v) is 2.60. The van der Waals surface area contributed by atoms with E-state index in [-0.39, 0.29) is 5.69 Å². The Kier molecular flexibility index (Phi) is 3.30. The molecular formula is C10H18N4O3. The lowest BCUT2D eigenvalue weighted by Gasteiger charge is -2.37. The van der Waals surface area contributed by atoms with E-state index < -0.39 is 17.7 Å². The Bertz CT molecular complexity index is 469. The van der Waals surface area contributed by atoms with Gasteiger partial charge in [-0.3, -0.25) is 9.47 Å². The van der Waals surface area contributed by atoms with Crippen LogP contribution >= 0.6 is 0 Å². The fraction of sp³-hybridized carbons (Fsp3) is 0.700. The first-order valence-corrected chi connectivity index (χ1v) is 5.29. The fourth-order valence-corrected chi connectivity index (χ4v) is 1.88. The first-order valence-electron chi connectivity index (χ1n) is 5.29. The highest BCUT2D eigenvalue weighted by molar-refractivity contribution is 5.66. The Hall–Kier alpha value is -1.79. The number of aromatic nitrogens is 3. The summed E-state index contributed by atoms with van der Waals surface area (Å²) in [5, 5.41) is 15.4. The molecule has 0 aliphatic carbocycles. The second kappa shape index (κ2) is 4.23.